The van der Waals surface area contributed by atoms with Crippen molar-refractivity contribution in [2.24, 2.45) is 5.14 Å². The maximum Gasteiger partial charge on any atom is 0.238 e. The number of hydrogen-bond acceptors (Lipinski definition) is 2. The van der Waals surface area contributed by atoms with E-state index in [2.05, 4.69) is 48.5 Å². The summed E-state index contributed by atoms with van der Waals surface area (Å²) in [6.07, 6.45) is 0. The van der Waals surface area contributed by atoms with Crippen molar-refractivity contribution in [1.29, 1.82) is 0 Å². The predicted octanol–water partition coefficient (Wildman–Crippen LogP) is 4.29. The van der Waals surface area contributed by atoms with E-state index in [9.17, 15) is 8.42 Å². The number of benzene rings is 4. The Morgan fingerprint density at radius 3 is 1.88 bits per heavy atom. The minimum absolute atomic E-state index is 0.142. The summed E-state index contributed by atoms with van der Waals surface area (Å²) in [6.45, 7) is 0. The molecule has 0 spiro atoms. The summed E-state index contributed by atoms with van der Waals surface area (Å²) >= 11 is 0. The topological polar surface area (TPSA) is 60.2 Å². The second-order valence-electron chi connectivity index (χ2n) is 6.16. The van der Waals surface area contributed by atoms with E-state index in [1.54, 1.807) is 12.1 Å². The third-order valence-corrected chi connectivity index (χ3v) is 5.67. The Balaban J connectivity index is 1.89. The van der Waals surface area contributed by atoms with E-state index in [0.29, 0.717) is 0 Å². The molecule has 0 saturated heterocycles. The minimum Gasteiger partial charge on any atom is -0.225 e. The molecule has 0 atom stereocenters. The highest BCUT2D eigenvalue weighted by Gasteiger charge is 2.21. The normalized spacial score (nSPS) is 12.7. The Labute approximate surface area is 139 Å². The van der Waals surface area contributed by atoms with E-state index in [0.717, 1.165) is 16.3 Å². The number of nitrogens with two attached hydrogens (primary N) is 1. The lowest BCUT2D eigenvalue weighted by Gasteiger charge is -2.07. The van der Waals surface area contributed by atoms with Crippen molar-refractivity contribution in [3.8, 4) is 22.3 Å². The molecule has 3 nitrogen and oxygen atoms in total. The Hall–Kier alpha value is -2.69. The highest BCUT2D eigenvalue weighted by atomic mass is 32.2. The van der Waals surface area contributed by atoms with Crippen molar-refractivity contribution in [3.05, 3.63) is 66.7 Å². The number of sulfonamides is 1. The number of fused-ring (bicyclic) bond motifs is 4. The van der Waals surface area contributed by atoms with Crippen LogP contribution in [0, 0.1) is 0 Å². The summed E-state index contributed by atoms with van der Waals surface area (Å²) in [5, 5.41) is 9.63. The number of primary sulfonamides is 1. The van der Waals surface area contributed by atoms with Crippen molar-refractivity contribution in [1.82, 2.24) is 0 Å². The van der Waals surface area contributed by atoms with Gasteiger partial charge in [-0.2, -0.15) is 0 Å². The molecule has 4 aromatic carbocycles. The van der Waals surface area contributed by atoms with Crippen LogP contribution in [0.5, 0.6) is 0 Å². The molecule has 0 bridgehead atoms. The molecule has 24 heavy (non-hydrogen) atoms. The fraction of sp³-hybridized carbons (Fsp3) is 0. The van der Waals surface area contributed by atoms with Gasteiger partial charge in [-0.3, -0.25) is 0 Å². The van der Waals surface area contributed by atoms with E-state index in [1.807, 2.05) is 6.07 Å². The van der Waals surface area contributed by atoms with E-state index in [4.69, 9.17) is 5.14 Å². The molecule has 4 heteroatoms. The van der Waals surface area contributed by atoms with Crippen molar-refractivity contribution >= 4 is 31.6 Å². The Bertz CT molecular complexity index is 1270. The van der Waals surface area contributed by atoms with Crippen LogP contribution < -0.4 is 5.14 Å². The van der Waals surface area contributed by atoms with Crippen molar-refractivity contribution in [3.63, 3.8) is 0 Å². The average Bonchev–Trinajstić information content (AvgIpc) is 2.88. The molecule has 0 radical (unpaired) electrons. The minimum atomic E-state index is -3.70. The summed E-state index contributed by atoms with van der Waals surface area (Å²) in [4.78, 5) is 0.142. The first-order valence-corrected chi connectivity index (χ1v) is 9.20. The fourth-order valence-electron chi connectivity index (χ4n) is 3.69. The van der Waals surface area contributed by atoms with Gasteiger partial charge in [-0.25, -0.2) is 13.6 Å². The average molecular weight is 331 g/mol. The monoisotopic (exact) mass is 331 g/mol. The summed E-state index contributed by atoms with van der Waals surface area (Å²) in [5.74, 6) is 0. The van der Waals surface area contributed by atoms with Crippen LogP contribution in [0.4, 0.5) is 0 Å². The number of hydrogen-bond donors (Lipinski definition) is 1. The summed E-state index contributed by atoms with van der Waals surface area (Å²) in [6, 6.07) is 21.8. The van der Waals surface area contributed by atoms with Crippen LogP contribution in [0.1, 0.15) is 0 Å². The summed E-state index contributed by atoms with van der Waals surface area (Å²) in [5.41, 5.74) is 4.76. The molecule has 0 aromatic heterocycles. The van der Waals surface area contributed by atoms with E-state index in [-0.39, 0.29) is 4.90 Å². The van der Waals surface area contributed by atoms with Crippen LogP contribution in [-0.2, 0) is 10.0 Å². The van der Waals surface area contributed by atoms with Gasteiger partial charge in [-0.05, 0) is 68.1 Å². The molecule has 0 amide bonds. The maximum atomic E-state index is 11.6. The summed E-state index contributed by atoms with van der Waals surface area (Å²) < 4.78 is 23.2. The molecule has 2 N–H and O–H groups in total. The van der Waals surface area contributed by atoms with E-state index < -0.39 is 10.0 Å². The second-order valence-corrected chi connectivity index (χ2v) is 7.72. The van der Waals surface area contributed by atoms with E-state index >= 15 is 0 Å². The second kappa shape index (κ2) is 4.44. The van der Waals surface area contributed by atoms with Gasteiger partial charge in [0, 0.05) is 0 Å². The van der Waals surface area contributed by atoms with Gasteiger partial charge in [-0.15, -0.1) is 0 Å². The third kappa shape index (κ3) is 1.78. The quantitative estimate of drug-likeness (QED) is 0.498. The standard InChI is InChI=1S/C20H13NO2S/c21-24(22,23)15-8-7-13-10-18-16-5-1-3-12-4-2-6-17(20(12)16)19(18)11-14(13)9-15/h1-11H,(H2,21,22,23). The van der Waals surface area contributed by atoms with Crippen molar-refractivity contribution in [2.75, 3.05) is 0 Å². The SMILES string of the molecule is NS(=O)(=O)c1ccc2cc3c(cc2c1)-c1cccc2cccc-3c12. The van der Waals surface area contributed by atoms with Gasteiger partial charge in [0.05, 0.1) is 4.90 Å². The predicted molar refractivity (Wildman–Crippen MR) is 97.3 cm³/mol. The maximum absolute atomic E-state index is 11.6. The molecule has 0 saturated carbocycles. The highest BCUT2D eigenvalue weighted by molar-refractivity contribution is 7.89. The lowest BCUT2D eigenvalue weighted by molar-refractivity contribution is 0.598. The van der Waals surface area contributed by atoms with Crippen molar-refractivity contribution < 1.29 is 8.42 Å². The molecule has 1 aliphatic rings. The smallest absolute Gasteiger partial charge is 0.225 e. The zero-order valence-electron chi connectivity index (χ0n) is 12.7. The Morgan fingerprint density at radius 1 is 0.625 bits per heavy atom. The molecule has 0 aliphatic heterocycles. The molecule has 4 aromatic rings. The largest absolute Gasteiger partial charge is 0.238 e. The van der Waals surface area contributed by atoms with Crippen LogP contribution in [0.25, 0.3) is 43.8 Å². The first-order valence-electron chi connectivity index (χ1n) is 7.65. The Kier molecular flexibility index (Phi) is 2.54. The highest BCUT2D eigenvalue weighted by Crippen LogP contribution is 2.48. The molecule has 0 unspecified atom stereocenters. The third-order valence-electron chi connectivity index (χ3n) is 4.76. The zero-order valence-corrected chi connectivity index (χ0v) is 13.5. The van der Waals surface area contributed by atoms with Gasteiger partial charge in [0.2, 0.25) is 10.0 Å². The van der Waals surface area contributed by atoms with Crippen LogP contribution in [0.2, 0.25) is 0 Å². The van der Waals surface area contributed by atoms with E-state index in [1.165, 1.54) is 27.5 Å². The van der Waals surface area contributed by atoms with Crippen LogP contribution in [0.3, 0.4) is 0 Å². The van der Waals surface area contributed by atoms with Gasteiger partial charge in [0.1, 0.15) is 0 Å². The summed E-state index contributed by atoms with van der Waals surface area (Å²) in [7, 11) is -3.70. The van der Waals surface area contributed by atoms with Crippen LogP contribution in [0.15, 0.2) is 71.6 Å². The fourth-order valence-corrected chi connectivity index (χ4v) is 4.24. The molecule has 0 heterocycles. The van der Waals surface area contributed by atoms with Gasteiger partial charge in [0.15, 0.2) is 0 Å². The van der Waals surface area contributed by atoms with Crippen molar-refractivity contribution in [2.45, 2.75) is 4.90 Å². The van der Waals surface area contributed by atoms with Crippen LogP contribution >= 0.6 is 0 Å². The first-order chi connectivity index (χ1) is 11.5. The Morgan fingerprint density at radius 2 is 1.25 bits per heavy atom. The van der Waals surface area contributed by atoms with Gasteiger partial charge in [-0.1, -0.05) is 42.5 Å². The van der Waals surface area contributed by atoms with Gasteiger partial charge in [0.25, 0.3) is 0 Å². The molecule has 0 fully saturated rings. The molecular formula is C20H13NO2S. The lowest BCUT2D eigenvalue weighted by atomic mass is 9.99. The molecule has 116 valence electrons. The first kappa shape index (κ1) is 13.7. The zero-order chi connectivity index (χ0) is 16.5. The van der Waals surface area contributed by atoms with Crippen LogP contribution in [-0.4, -0.2) is 8.42 Å². The lowest BCUT2D eigenvalue weighted by Crippen LogP contribution is -2.11. The van der Waals surface area contributed by atoms with Gasteiger partial charge >= 0.3 is 0 Å². The molecular weight excluding hydrogens is 318 g/mol. The number of rotatable bonds is 1. The molecule has 5 rings (SSSR count). The molecule has 1 aliphatic carbocycles. The van der Waals surface area contributed by atoms with Gasteiger partial charge < -0.3 is 0 Å².